The quantitative estimate of drug-likeness (QED) is 0.279. The molecule has 1 aliphatic rings. The molecule has 0 radical (unpaired) electrons. The van der Waals surface area contributed by atoms with E-state index in [0.29, 0.717) is 24.6 Å². The fraction of sp³-hybridized carbons (Fsp3) is 0.286. The van der Waals surface area contributed by atoms with E-state index in [0.717, 1.165) is 47.7 Å². The molecule has 0 spiro atoms. The number of aryl methyl sites for hydroxylation is 2. The molecule has 0 N–H and O–H groups in total. The molecule has 1 unspecified atom stereocenters. The number of para-hydroxylation sites is 3. The molecule has 6 heteroatoms. The van der Waals surface area contributed by atoms with Crippen molar-refractivity contribution < 1.29 is 9.53 Å². The largest absolute Gasteiger partial charge is 0.494 e. The highest BCUT2D eigenvalue weighted by Crippen LogP contribution is 2.36. The second kappa shape index (κ2) is 9.90. The van der Waals surface area contributed by atoms with Gasteiger partial charge in [0, 0.05) is 25.4 Å². The van der Waals surface area contributed by atoms with Crippen molar-refractivity contribution in [3.05, 3.63) is 89.2 Å². The predicted octanol–water partition coefficient (Wildman–Crippen LogP) is 6.38. The Morgan fingerprint density at radius 1 is 1.00 bits per heavy atom. The number of halogens is 1. The van der Waals surface area contributed by atoms with Gasteiger partial charge in [-0.05, 0) is 56.2 Å². The van der Waals surface area contributed by atoms with E-state index in [1.165, 1.54) is 5.56 Å². The average molecular weight is 474 g/mol. The lowest BCUT2D eigenvalue weighted by Crippen LogP contribution is -2.24. The van der Waals surface area contributed by atoms with Gasteiger partial charge >= 0.3 is 0 Å². The third-order valence-electron chi connectivity index (χ3n) is 6.38. The SMILES string of the molecule is Cc1ccc(OCCCCn2c(C3CC(=O)N(c4ccccc4Cl)C3)nc3ccccc32)cc1. The number of ether oxygens (including phenoxy) is 1. The van der Waals surface area contributed by atoms with Crippen LogP contribution in [0.25, 0.3) is 11.0 Å². The highest BCUT2D eigenvalue weighted by atomic mass is 35.5. The highest BCUT2D eigenvalue weighted by molar-refractivity contribution is 6.33. The topological polar surface area (TPSA) is 47.4 Å². The van der Waals surface area contributed by atoms with E-state index < -0.39 is 0 Å². The van der Waals surface area contributed by atoms with E-state index in [4.69, 9.17) is 21.3 Å². The first-order valence-electron chi connectivity index (χ1n) is 11.8. The third-order valence-corrected chi connectivity index (χ3v) is 6.70. The maximum Gasteiger partial charge on any atom is 0.227 e. The molecule has 1 fully saturated rings. The zero-order chi connectivity index (χ0) is 23.5. The normalized spacial score (nSPS) is 15.9. The summed E-state index contributed by atoms with van der Waals surface area (Å²) in [6, 6.07) is 23.9. The van der Waals surface area contributed by atoms with Crippen molar-refractivity contribution in [3.8, 4) is 5.75 Å². The molecule has 1 amide bonds. The third kappa shape index (κ3) is 4.66. The number of carbonyl (C=O) groups excluding carboxylic acids is 1. The number of rotatable bonds is 8. The summed E-state index contributed by atoms with van der Waals surface area (Å²) in [6.45, 7) is 4.17. The van der Waals surface area contributed by atoms with Gasteiger partial charge in [-0.3, -0.25) is 4.79 Å². The second-order valence-electron chi connectivity index (χ2n) is 8.84. The van der Waals surface area contributed by atoms with Crippen molar-refractivity contribution in [3.63, 3.8) is 0 Å². The molecule has 0 saturated carbocycles. The Labute approximate surface area is 204 Å². The van der Waals surface area contributed by atoms with Gasteiger partial charge in [0.05, 0.1) is 28.4 Å². The minimum atomic E-state index is 0.0278. The van der Waals surface area contributed by atoms with E-state index in [1.54, 1.807) is 4.90 Å². The molecule has 174 valence electrons. The molecule has 1 atom stereocenters. The molecular weight excluding hydrogens is 446 g/mol. The molecule has 5 nitrogen and oxygen atoms in total. The van der Waals surface area contributed by atoms with Gasteiger partial charge in [0.2, 0.25) is 5.91 Å². The smallest absolute Gasteiger partial charge is 0.227 e. The summed E-state index contributed by atoms with van der Waals surface area (Å²) in [5.74, 6) is 2.00. The fourth-order valence-corrected chi connectivity index (χ4v) is 4.86. The van der Waals surface area contributed by atoms with Crippen LogP contribution >= 0.6 is 11.6 Å². The Morgan fingerprint density at radius 3 is 2.59 bits per heavy atom. The minimum Gasteiger partial charge on any atom is -0.494 e. The molecule has 3 aromatic carbocycles. The molecule has 1 saturated heterocycles. The lowest BCUT2D eigenvalue weighted by molar-refractivity contribution is -0.117. The van der Waals surface area contributed by atoms with Crippen LogP contribution in [0.3, 0.4) is 0 Å². The molecule has 5 rings (SSSR count). The van der Waals surface area contributed by atoms with Crippen LogP contribution in [0.4, 0.5) is 5.69 Å². The lowest BCUT2D eigenvalue weighted by Gasteiger charge is -2.18. The van der Waals surface area contributed by atoms with Crippen molar-refractivity contribution in [2.75, 3.05) is 18.1 Å². The first-order chi connectivity index (χ1) is 16.6. The summed E-state index contributed by atoms with van der Waals surface area (Å²) in [5, 5.41) is 0.596. The monoisotopic (exact) mass is 473 g/mol. The molecule has 1 aliphatic heterocycles. The van der Waals surface area contributed by atoms with E-state index in [2.05, 4.69) is 29.7 Å². The van der Waals surface area contributed by atoms with Crippen LogP contribution in [-0.2, 0) is 11.3 Å². The number of hydrogen-bond donors (Lipinski definition) is 0. The zero-order valence-corrected chi connectivity index (χ0v) is 20.0. The van der Waals surface area contributed by atoms with E-state index >= 15 is 0 Å². The van der Waals surface area contributed by atoms with Gasteiger partial charge in [0.15, 0.2) is 0 Å². The molecule has 1 aromatic heterocycles. The number of nitrogens with zero attached hydrogens (tertiary/aromatic N) is 3. The number of anilines is 1. The van der Waals surface area contributed by atoms with Crippen molar-refractivity contribution in [1.82, 2.24) is 9.55 Å². The first kappa shape index (κ1) is 22.5. The lowest BCUT2D eigenvalue weighted by atomic mass is 10.1. The van der Waals surface area contributed by atoms with Crippen LogP contribution in [0.1, 0.15) is 36.6 Å². The van der Waals surface area contributed by atoms with Gasteiger partial charge in [0.25, 0.3) is 0 Å². The van der Waals surface area contributed by atoms with Gasteiger partial charge in [-0.25, -0.2) is 4.98 Å². The molecule has 2 heterocycles. The Balaban J connectivity index is 1.30. The molecule has 4 aromatic rings. The highest BCUT2D eigenvalue weighted by Gasteiger charge is 2.35. The van der Waals surface area contributed by atoms with Crippen LogP contribution in [-0.4, -0.2) is 28.6 Å². The van der Waals surface area contributed by atoms with Crippen LogP contribution in [0, 0.1) is 6.92 Å². The molecular formula is C28H28ClN3O2. The number of carbonyl (C=O) groups is 1. The van der Waals surface area contributed by atoms with Gasteiger partial charge in [-0.15, -0.1) is 0 Å². The Bertz CT molecular complexity index is 1300. The van der Waals surface area contributed by atoms with Gasteiger partial charge in [-0.1, -0.05) is 53.6 Å². The van der Waals surface area contributed by atoms with Crippen LogP contribution in [0.5, 0.6) is 5.75 Å². The number of imidazole rings is 1. The van der Waals surface area contributed by atoms with Crippen molar-refractivity contribution in [2.45, 2.75) is 38.6 Å². The second-order valence-corrected chi connectivity index (χ2v) is 9.24. The summed E-state index contributed by atoms with van der Waals surface area (Å²) < 4.78 is 8.18. The van der Waals surface area contributed by atoms with Gasteiger partial charge < -0.3 is 14.2 Å². The van der Waals surface area contributed by atoms with Crippen molar-refractivity contribution >= 4 is 34.2 Å². The molecule has 0 aliphatic carbocycles. The fourth-order valence-electron chi connectivity index (χ4n) is 4.62. The van der Waals surface area contributed by atoms with Crippen LogP contribution in [0.15, 0.2) is 72.8 Å². The van der Waals surface area contributed by atoms with Gasteiger partial charge in [-0.2, -0.15) is 0 Å². The zero-order valence-electron chi connectivity index (χ0n) is 19.3. The van der Waals surface area contributed by atoms with Crippen LogP contribution < -0.4 is 9.64 Å². The number of aromatic nitrogens is 2. The Hall–Kier alpha value is -3.31. The van der Waals surface area contributed by atoms with E-state index in [9.17, 15) is 4.79 Å². The standard InChI is InChI=1S/C28H28ClN3O2/c1-20-12-14-22(15-13-20)34-17-7-6-16-31-26-11-5-3-9-24(26)30-28(31)21-18-27(33)32(19-21)25-10-4-2-8-23(25)29/h2-5,8-15,21H,6-7,16-19H2,1H3. The number of hydrogen-bond acceptors (Lipinski definition) is 3. The average Bonchev–Trinajstić information content (AvgIpc) is 3.41. The van der Waals surface area contributed by atoms with Gasteiger partial charge in [0.1, 0.15) is 11.6 Å². The van der Waals surface area contributed by atoms with E-state index in [-0.39, 0.29) is 11.8 Å². The summed E-state index contributed by atoms with van der Waals surface area (Å²) in [6.07, 6.45) is 2.34. The predicted molar refractivity (Wildman–Crippen MR) is 137 cm³/mol. The number of fused-ring (bicyclic) bond motifs is 1. The Kier molecular flexibility index (Phi) is 6.54. The summed E-state index contributed by atoms with van der Waals surface area (Å²) in [4.78, 5) is 19.7. The number of unbranched alkanes of at least 4 members (excludes halogenated alkanes) is 1. The summed E-state index contributed by atoms with van der Waals surface area (Å²) in [7, 11) is 0. The number of amides is 1. The summed E-state index contributed by atoms with van der Waals surface area (Å²) in [5.41, 5.74) is 4.08. The first-order valence-corrected chi connectivity index (χ1v) is 12.2. The van der Waals surface area contributed by atoms with Crippen molar-refractivity contribution in [2.24, 2.45) is 0 Å². The summed E-state index contributed by atoms with van der Waals surface area (Å²) >= 11 is 6.38. The molecule has 34 heavy (non-hydrogen) atoms. The maximum absolute atomic E-state index is 12.9. The Morgan fingerprint density at radius 2 is 1.76 bits per heavy atom. The number of benzene rings is 3. The van der Waals surface area contributed by atoms with E-state index in [1.807, 2.05) is 54.6 Å². The maximum atomic E-state index is 12.9. The minimum absolute atomic E-state index is 0.0278. The van der Waals surface area contributed by atoms with Crippen LogP contribution in [0.2, 0.25) is 5.02 Å². The van der Waals surface area contributed by atoms with Crippen molar-refractivity contribution in [1.29, 1.82) is 0 Å². The molecule has 0 bridgehead atoms.